The van der Waals surface area contributed by atoms with Gasteiger partial charge in [-0.25, -0.2) is 4.79 Å². The molecule has 1 aliphatic heterocycles. The van der Waals surface area contributed by atoms with Crippen molar-refractivity contribution < 1.29 is 14.3 Å². The molecule has 2 atom stereocenters. The van der Waals surface area contributed by atoms with Crippen molar-refractivity contribution in [3.63, 3.8) is 0 Å². The summed E-state index contributed by atoms with van der Waals surface area (Å²) in [6, 6.07) is 8.05. The van der Waals surface area contributed by atoms with E-state index in [0.29, 0.717) is 13.1 Å². The zero-order valence-corrected chi connectivity index (χ0v) is 16.5. The number of hydrogen-bond acceptors (Lipinski definition) is 4. The van der Waals surface area contributed by atoms with Crippen LogP contribution in [-0.2, 0) is 16.1 Å². The molecule has 1 aromatic rings. The molecule has 2 amide bonds. The van der Waals surface area contributed by atoms with Crippen molar-refractivity contribution in [3.8, 4) is 0 Å². The molecule has 2 rings (SSSR count). The topological polar surface area (TPSA) is 70.7 Å². The Hall–Kier alpha value is -2.08. The quantitative estimate of drug-likeness (QED) is 0.817. The number of rotatable bonds is 6. The zero-order valence-electron chi connectivity index (χ0n) is 16.5. The maximum Gasteiger partial charge on any atom is 0.407 e. The Bertz CT molecular complexity index is 622. The van der Waals surface area contributed by atoms with Gasteiger partial charge in [0.15, 0.2) is 0 Å². The molecule has 0 bridgehead atoms. The fourth-order valence-electron chi connectivity index (χ4n) is 2.92. The largest absolute Gasteiger partial charge is 0.444 e. The molecule has 1 aromatic carbocycles. The van der Waals surface area contributed by atoms with Crippen molar-refractivity contribution in [2.24, 2.45) is 0 Å². The van der Waals surface area contributed by atoms with Gasteiger partial charge in [-0.05, 0) is 46.6 Å². The lowest BCUT2D eigenvalue weighted by molar-refractivity contribution is -0.130. The van der Waals surface area contributed by atoms with Gasteiger partial charge in [0.05, 0.1) is 6.04 Å². The highest BCUT2D eigenvalue weighted by Gasteiger charge is 2.32. The van der Waals surface area contributed by atoms with Gasteiger partial charge in [-0.15, -0.1) is 0 Å². The second-order valence-corrected chi connectivity index (χ2v) is 8.04. The van der Waals surface area contributed by atoms with Crippen LogP contribution in [0.2, 0.25) is 0 Å². The minimum atomic E-state index is -0.515. The average molecular weight is 361 g/mol. The predicted octanol–water partition coefficient (Wildman–Crippen LogP) is 2.60. The Kier molecular flexibility index (Phi) is 6.64. The maximum absolute atomic E-state index is 12.6. The van der Waals surface area contributed by atoms with Gasteiger partial charge >= 0.3 is 6.09 Å². The molecule has 6 heteroatoms. The molecular weight excluding hydrogens is 330 g/mol. The summed E-state index contributed by atoms with van der Waals surface area (Å²) < 4.78 is 5.22. The summed E-state index contributed by atoms with van der Waals surface area (Å²) >= 11 is 0. The van der Waals surface area contributed by atoms with Crippen LogP contribution in [0.15, 0.2) is 24.3 Å². The van der Waals surface area contributed by atoms with Gasteiger partial charge in [0.1, 0.15) is 5.60 Å². The van der Waals surface area contributed by atoms with Crippen molar-refractivity contribution >= 4 is 12.0 Å². The smallest absolute Gasteiger partial charge is 0.407 e. The number of nitrogens with zero attached hydrogens (tertiary/aromatic N) is 1. The molecule has 2 N–H and O–H groups in total. The number of ether oxygens (including phenoxy) is 1. The summed E-state index contributed by atoms with van der Waals surface area (Å²) in [6.45, 7) is 11.3. The second-order valence-electron chi connectivity index (χ2n) is 8.04. The third-order valence-electron chi connectivity index (χ3n) is 4.23. The molecule has 1 unspecified atom stereocenters. The molecule has 1 aliphatic rings. The van der Waals surface area contributed by atoms with Gasteiger partial charge < -0.3 is 20.3 Å². The van der Waals surface area contributed by atoms with Crippen molar-refractivity contribution in [2.45, 2.75) is 65.3 Å². The Morgan fingerprint density at radius 1 is 1.31 bits per heavy atom. The number of nitrogens with one attached hydrogen (secondary N) is 2. The molecule has 26 heavy (non-hydrogen) atoms. The molecule has 1 fully saturated rings. The van der Waals surface area contributed by atoms with Crippen LogP contribution in [0.4, 0.5) is 4.79 Å². The summed E-state index contributed by atoms with van der Waals surface area (Å²) in [6.07, 6.45) is 0.339. The predicted molar refractivity (Wildman–Crippen MR) is 102 cm³/mol. The fourth-order valence-corrected chi connectivity index (χ4v) is 2.92. The first kappa shape index (κ1) is 20.2. The SMILES string of the molecule is Cc1ccc(CN2CC[C@@H](NC(C)CNC(=O)OC(C)(C)C)C2=O)cc1. The van der Waals surface area contributed by atoms with E-state index in [0.717, 1.165) is 18.5 Å². The first-order chi connectivity index (χ1) is 12.1. The molecule has 1 saturated heterocycles. The molecule has 0 saturated carbocycles. The van der Waals surface area contributed by atoms with Gasteiger partial charge in [0.2, 0.25) is 5.91 Å². The number of benzene rings is 1. The third kappa shape index (κ3) is 6.33. The standard InChI is InChI=1S/C20H31N3O3/c1-14-6-8-16(9-7-14)13-23-11-10-17(18(23)24)22-15(2)12-21-19(25)26-20(3,4)5/h6-9,15,17,22H,10-13H2,1-5H3,(H,21,25)/t15?,17-/m1/s1. The number of amides is 2. The minimum absolute atomic E-state index is 0.0178. The van der Waals surface area contributed by atoms with Crippen LogP contribution in [0.25, 0.3) is 0 Å². The van der Waals surface area contributed by atoms with E-state index in [4.69, 9.17) is 4.74 Å². The zero-order chi connectivity index (χ0) is 19.3. The number of carbonyl (C=O) groups is 2. The Morgan fingerprint density at radius 2 is 1.96 bits per heavy atom. The third-order valence-corrected chi connectivity index (χ3v) is 4.23. The van der Waals surface area contributed by atoms with E-state index in [1.165, 1.54) is 5.56 Å². The Balaban J connectivity index is 1.77. The van der Waals surface area contributed by atoms with E-state index in [9.17, 15) is 9.59 Å². The van der Waals surface area contributed by atoms with Crippen molar-refractivity contribution in [1.82, 2.24) is 15.5 Å². The van der Waals surface area contributed by atoms with Gasteiger partial charge in [-0.2, -0.15) is 0 Å². The number of alkyl carbamates (subject to hydrolysis) is 1. The van der Waals surface area contributed by atoms with Gasteiger partial charge in [-0.3, -0.25) is 4.79 Å². The molecule has 1 heterocycles. The summed E-state index contributed by atoms with van der Waals surface area (Å²) in [5.41, 5.74) is 1.84. The van der Waals surface area contributed by atoms with E-state index in [-0.39, 0.29) is 18.0 Å². The molecule has 6 nitrogen and oxygen atoms in total. The van der Waals surface area contributed by atoms with Gasteiger partial charge in [0.25, 0.3) is 0 Å². The lowest BCUT2D eigenvalue weighted by Gasteiger charge is -2.22. The Morgan fingerprint density at radius 3 is 2.58 bits per heavy atom. The molecule has 144 valence electrons. The van der Waals surface area contributed by atoms with Crippen LogP contribution >= 0.6 is 0 Å². The fraction of sp³-hybridized carbons (Fsp3) is 0.600. The summed E-state index contributed by atoms with van der Waals surface area (Å²) in [5.74, 6) is 0.120. The van der Waals surface area contributed by atoms with E-state index in [1.54, 1.807) is 0 Å². The van der Waals surface area contributed by atoms with Crippen molar-refractivity contribution in [3.05, 3.63) is 35.4 Å². The first-order valence-electron chi connectivity index (χ1n) is 9.21. The summed E-state index contributed by atoms with van der Waals surface area (Å²) in [7, 11) is 0. The highest BCUT2D eigenvalue weighted by atomic mass is 16.6. The number of likely N-dealkylation sites (tertiary alicyclic amines) is 1. The highest BCUT2D eigenvalue weighted by molar-refractivity contribution is 5.84. The molecular formula is C20H31N3O3. The first-order valence-corrected chi connectivity index (χ1v) is 9.21. The Labute approximate surface area is 156 Å². The van der Waals surface area contributed by atoms with Crippen LogP contribution in [0.5, 0.6) is 0 Å². The summed E-state index contributed by atoms with van der Waals surface area (Å²) in [5, 5.41) is 6.05. The molecule has 0 aromatic heterocycles. The van der Waals surface area contributed by atoms with Crippen LogP contribution in [0.3, 0.4) is 0 Å². The van der Waals surface area contributed by atoms with E-state index < -0.39 is 11.7 Å². The summed E-state index contributed by atoms with van der Waals surface area (Å²) in [4.78, 5) is 26.2. The number of carbonyl (C=O) groups excluding carboxylic acids is 2. The number of aryl methyl sites for hydroxylation is 1. The molecule has 0 spiro atoms. The van der Waals surface area contributed by atoms with Gasteiger partial charge in [-0.1, -0.05) is 29.8 Å². The van der Waals surface area contributed by atoms with Crippen molar-refractivity contribution in [2.75, 3.05) is 13.1 Å². The van der Waals surface area contributed by atoms with E-state index in [1.807, 2.05) is 32.6 Å². The minimum Gasteiger partial charge on any atom is -0.444 e. The highest BCUT2D eigenvalue weighted by Crippen LogP contribution is 2.16. The monoisotopic (exact) mass is 361 g/mol. The van der Waals surface area contributed by atoms with Gasteiger partial charge in [0, 0.05) is 25.7 Å². The molecule has 0 radical (unpaired) electrons. The normalized spacial score (nSPS) is 18.7. The van der Waals surface area contributed by atoms with E-state index in [2.05, 4.69) is 41.8 Å². The lowest BCUT2D eigenvalue weighted by atomic mass is 10.1. The van der Waals surface area contributed by atoms with Crippen molar-refractivity contribution in [1.29, 1.82) is 0 Å². The average Bonchev–Trinajstić information content (AvgIpc) is 2.87. The van der Waals surface area contributed by atoms with Crippen LogP contribution in [0.1, 0.15) is 45.2 Å². The number of hydrogen-bond donors (Lipinski definition) is 2. The maximum atomic E-state index is 12.6. The van der Waals surface area contributed by atoms with Crippen LogP contribution in [0, 0.1) is 6.92 Å². The van der Waals surface area contributed by atoms with Crippen LogP contribution < -0.4 is 10.6 Å². The van der Waals surface area contributed by atoms with E-state index >= 15 is 0 Å². The molecule has 0 aliphatic carbocycles. The second kappa shape index (κ2) is 8.54. The van der Waals surface area contributed by atoms with Crippen LogP contribution in [-0.4, -0.2) is 47.7 Å². The lowest BCUT2D eigenvalue weighted by Crippen LogP contribution is -2.47.